The zero-order valence-corrected chi connectivity index (χ0v) is 15.1. The van der Waals surface area contributed by atoms with Crippen LogP contribution in [0.15, 0.2) is 11.1 Å². The highest BCUT2D eigenvalue weighted by molar-refractivity contribution is 7.18. The van der Waals surface area contributed by atoms with E-state index < -0.39 is 0 Å². The molecule has 1 saturated heterocycles. The molecular formula is C18H23N3O3S. The minimum absolute atomic E-state index is 0.00809. The van der Waals surface area contributed by atoms with E-state index in [1.165, 1.54) is 16.9 Å². The molecule has 0 spiro atoms. The molecule has 1 amide bonds. The second kappa shape index (κ2) is 6.88. The van der Waals surface area contributed by atoms with Gasteiger partial charge in [-0.1, -0.05) is 0 Å². The monoisotopic (exact) mass is 361 g/mol. The summed E-state index contributed by atoms with van der Waals surface area (Å²) in [6.45, 7) is 1.57. The third-order valence-electron chi connectivity index (χ3n) is 5.33. The van der Waals surface area contributed by atoms with E-state index in [-0.39, 0.29) is 17.6 Å². The number of carbonyl (C=O) groups excluding carboxylic acids is 1. The van der Waals surface area contributed by atoms with Gasteiger partial charge in [-0.15, -0.1) is 11.3 Å². The predicted molar refractivity (Wildman–Crippen MR) is 97.0 cm³/mol. The van der Waals surface area contributed by atoms with Gasteiger partial charge in [-0.25, -0.2) is 4.98 Å². The van der Waals surface area contributed by atoms with Crippen molar-refractivity contribution in [3.63, 3.8) is 0 Å². The summed E-state index contributed by atoms with van der Waals surface area (Å²) in [7, 11) is 0. The topological polar surface area (TPSA) is 75.4 Å². The number of fused-ring (bicyclic) bond motifs is 3. The summed E-state index contributed by atoms with van der Waals surface area (Å²) in [5.41, 5.74) is 1.18. The molecule has 1 aliphatic heterocycles. The molecule has 2 aromatic rings. The van der Waals surface area contributed by atoms with Crippen LogP contribution in [0.3, 0.4) is 0 Å². The van der Waals surface area contributed by atoms with E-state index in [1.54, 1.807) is 27.1 Å². The number of nitrogens with zero attached hydrogens (tertiary/aromatic N) is 3. The van der Waals surface area contributed by atoms with Crippen LogP contribution >= 0.6 is 11.3 Å². The summed E-state index contributed by atoms with van der Waals surface area (Å²) >= 11 is 1.65. The van der Waals surface area contributed by atoms with Gasteiger partial charge in [0.05, 0.1) is 17.8 Å². The third-order valence-corrected chi connectivity index (χ3v) is 6.53. The quantitative estimate of drug-likeness (QED) is 0.903. The van der Waals surface area contributed by atoms with Crippen molar-refractivity contribution in [2.45, 2.75) is 57.6 Å². The molecule has 4 rings (SSSR count). The summed E-state index contributed by atoms with van der Waals surface area (Å²) in [4.78, 5) is 33.6. The van der Waals surface area contributed by atoms with Crippen LogP contribution in [0.4, 0.5) is 0 Å². The summed E-state index contributed by atoms with van der Waals surface area (Å²) in [6.07, 6.45) is 7.21. The molecule has 0 atom stereocenters. The summed E-state index contributed by atoms with van der Waals surface area (Å²) < 4.78 is 1.58. The maximum absolute atomic E-state index is 12.9. The van der Waals surface area contributed by atoms with Gasteiger partial charge < -0.3 is 10.0 Å². The number of aryl methyl sites for hydroxylation is 3. The Morgan fingerprint density at radius 2 is 2.04 bits per heavy atom. The molecule has 0 radical (unpaired) electrons. The van der Waals surface area contributed by atoms with Crippen molar-refractivity contribution in [2.75, 3.05) is 13.1 Å². The fraction of sp³-hybridized carbons (Fsp3) is 0.611. The smallest absolute Gasteiger partial charge is 0.262 e. The van der Waals surface area contributed by atoms with Gasteiger partial charge in [0.15, 0.2) is 0 Å². The number of piperidine rings is 1. The van der Waals surface area contributed by atoms with Crippen LogP contribution in [-0.4, -0.2) is 44.7 Å². The van der Waals surface area contributed by atoms with Crippen LogP contribution in [0, 0.1) is 0 Å². The highest BCUT2D eigenvalue weighted by Crippen LogP contribution is 2.33. The largest absolute Gasteiger partial charge is 0.393 e. The number of aliphatic hydroxyl groups is 1. The molecule has 0 unspecified atom stereocenters. The van der Waals surface area contributed by atoms with Gasteiger partial charge in [-0.2, -0.15) is 0 Å². The average Bonchev–Trinajstić information content (AvgIpc) is 3.01. The Balaban J connectivity index is 1.51. The molecule has 25 heavy (non-hydrogen) atoms. The van der Waals surface area contributed by atoms with Crippen molar-refractivity contribution in [3.05, 3.63) is 27.1 Å². The molecule has 3 heterocycles. The van der Waals surface area contributed by atoms with E-state index in [9.17, 15) is 14.7 Å². The molecule has 1 N–H and O–H groups in total. The fourth-order valence-electron chi connectivity index (χ4n) is 3.83. The Labute approximate surface area is 150 Å². The van der Waals surface area contributed by atoms with E-state index >= 15 is 0 Å². The van der Waals surface area contributed by atoms with Crippen molar-refractivity contribution >= 4 is 27.5 Å². The Hall–Kier alpha value is -1.73. The van der Waals surface area contributed by atoms with Crippen molar-refractivity contribution < 1.29 is 9.90 Å². The lowest BCUT2D eigenvalue weighted by atomic mass is 9.97. The van der Waals surface area contributed by atoms with Crippen LogP contribution in [0.1, 0.15) is 42.5 Å². The lowest BCUT2D eigenvalue weighted by Gasteiger charge is -2.29. The zero-order chi connectivity index (χ0) is 17.4. The molecule has 7 heteroatoms. The normalized spacial score (nSPS) is 18.5. The lowest BCUT2D eigenvalue weighted by molar-refractivity contribution is -0.133. The molecule has 1 fully saturated rings. The van der Waals surface area contributed by atoms with E-state index in [2.05, 4.69) is 4.98 Å². The number of rotatable bonds is 3. The van der Waals surface area contributed by atoms with Crippen molar-refractivity contribution in [2.24, 2.45) is 0 Å². The molecule has 6 nitrogen and oxygen atoms in total. The predicted octanol–water partition coefficient (Wildman–Crippen LogP) is 1.71. The van der Waals surface area contributed by atoms with Crippen LogP contribution in [0.5, 0.6) is 0 Å². The average molecular weight is 361 g/mol. The molecule has 1 aliphatic carbocycles. The molecule has 0 saturated carbocycles. The molecule has 2 aromatic heterocycles. The first kappa shape index (κ1) is 16.7. The van der Waals surface area contributed by atoms with Gasteiger partial charge in [0.1, 0.15) is 4.83 Å². The van der Waals surface area contributed by atoms with Crippen molar-refractivity contribution in [1.82, 2.24) is 14.5 Å². The fourth-order valence-corrected chi connectivity index (χ4v) is 5.05. The maximum atomic E-state index is 12.9. The van der Waals surface area contributed by atoms with Gasteiger partial charge in [-0.3, -0.25) is 14.2 Å². The Bertz CT molecular complexity index is 849. The minimum Gasteiger partial charge on any atom is -0.393 e. The molecular weight excluding hydrogens is 338 g/mol. The minimum atomic E-state index is -0.289. The van der Waals surface area contributed by atoms with E-state index in [0.29, 0.717) is 38.9 Å². The first-order chi connectivity index (χ1) is 12.1. The first-order valence-corrected chi connectivity index (χ1v) is 9.90. The summed E-state index contributed by atoms with van der Waals surface area (Å²) in [5, 5.41) is 10.3. The Morgan fingerprint density at radius 1 is 1.28 bits per heavy atom. The summed E-state index contributed by atoms with van der Waals surface area (Å²) in [6, 6.07) is 0. The number of amides is 1. The number of aliphatic hydroxyl groups excluding tert-OH is 1. The second-order valence-electron chi connectivity index (χ2n) is 7.00. The van der Waals surface area contributed by atoms with Crippen molar-refractivity contribution in [1.29, 1.82) is 0 Å². The lowest BCUT2D eigenvalue weighted by Crippen LogP contribution is -2.40. The second-order valence-corrected chi connectivity index (χ2v) is 8.08. The van der Waals surface area contributed by atoms with Gasteiger partial charge >= 0.3 is 0 Å². The Morgan fingerprint density at radius 3 is 2.84 bits per heavy atom. The number of hydrogen-bond acceptors (Lipinski definition) is 5. The number of aromatic nitrogens is 2. The maximum Gasteiger partial charge on any atom is 0.262 e. The van der Waals surface area contributed by atoms with Crippen LogP contribution in [-0.2, 0) is 24.2 Å². The van der Waals surface area contributed by atoms with Crippen molar-refractivity contribution in [3.8, 4) is 0 Å². The van der Waals surface area contributed by atoms with E-state index in [1.807, 2.05) is 0 Å². The summed E-state index contributed by atoms with van der Waals surface area (Å²) in [5.74, 6) is 0.0474. The standard InChI is InChI=1S/C18H23N3O3S/c22-12-5-8-20(9-6-12)15(23)7-10-21-11-19-17-16(18(21)24)13-3-1-2-4-14(13)25-17/h11-12,22H,1-10H2. The number of hydrogen-bond donors (Lipinski definition) is 1. The van der Waals surface area contributed by atoms with E-state index in [0.717, 1.165) is 29.5 Å². The van der Waals surface area contributed by atoms with E-state index in [4.69, 9.17) is 0 Å². The van der Waals surface area contributed by atoms with Crippen LogP contribution < -0.4 is 5.56 Å². The molecule has 0 aromatic carbocycles. The van der Waals surface area contributed by atoms with Crippen LogP contribution in [0.2, 0.25) is 0 Å². The molecule has 134 valence electrons. The number of carbonyl (C=O) groups is 1. The van der Waals surface area contributed by atoms with Crippen LogP contribution in [0.25, 0.3) is 10.2 Å². The first-order valence-electron chi connectivity index (χ1n) is 9.09. The van der Waals surface area contributed by atoms with Gasteiger partial charge in [-0.05, 0) is 44.1 Å². The SMILES string of the molecule is O=C(CCn1cnc2sc3c(c2c1=O)CCCC3)N1CCC(O)CC1. The van der Waals surface area contributed by atoms with Gasteiger partial charge in [0.25, 0.3) is 5.56 Å². The molecule has 2 aliphatic rings. The highest BCUT2D eigenvalue weighted by Gasteiger charge is 2.22. The highest BCUT2D eigenvalue weighted by atomic mass is 32.1. The molecule has 0 bridgehead atoms. The number of likely N-dealkylation sites (tertiary alicyclic amines) is 1. The Kier molecular flexibility index (Phi) is 4.60. The third kappa shape index (κ3) is 3.22. The van der Waals surface area contributed by atoms with Gasteiger partial charge in [0, 0.05) is 30.9 Å². The number of thiophene rings is 1. The van der Waals surface area contributed by atoms with Gasteiger partial charge in [0.2, 0.25) is 5.91 Å². The zero-order valence-electron chi connectivity index (χ0n) is 14.2.